The van der Waals surface area contributed by atoms with Gasteiger partial charge in [0.2, 0.25) is 0 Å². The van der Waals surface area contributed by atoms with Gasteiger partial charge >= 0.3 is 0 Å². The number of hydrogen-bond acceptors (Lipinski definition) is 8. The van der Waals surface area contributed by atoms with Crippen molar-refractivity contribution >= 4 is 21.6 Å². The average Bonchev–Trinajstić information content (AvgIpc) is 2.58. The van der Waals surface area contributed by atoms with Crippen LogP contribution in [0.25, 0.3) is 0 Å². The van der Waals surface area contributed by atoms with Crippen LogP contribution >= 0.6 is 21.6 Å². The molecule has 24 heavy (non-hydrogen) atoms. The molecule has 8 atom stereocenters. The standard InChI is InChI=1S/C16H32N2O4S2/c1-9-15(21)13(5-19)11(3-17-9)7-23-24-8-12-4-18-10(2)16(22)14(12)6-20/h9-22H,3-8H2,1-2H3. The summed E-state index contributed by atoms with van der Waals surface area (Å²) in [6.45, 7) is 5.57. The summed E-state index contributed by atoms with van der Waals surface area (Å²) in [7, 11) is 3.51. The Hall–Kier alpha value is 0.460. The van der Waals surface area contributed by atoms with Gasteiger partial charge in [-0.05, 0) is 38.8 Å². The zero-order valence-corrected chi connectivity index (χ0v) is 16.1. The molecule has 2 heterocycles. The van der Waals surface area contributed by atoms with Gasteiger partial charge in [0.05, 0.1) is 12.2 Å². The predicted molar refractivity (Wildman–Crippen MR) is 100.0 cm³/mol. The summed E-state index contributed by atoms with van der Waals surface area (Å²) < 4.78 is 0. The Morgan fingerprint density at radius 3 is 1.50 bits per heavy atom. The van der Waals surface area contributed by atoms with Crippen LogP contribution in [0.5, 0.6) is 0 Å². The van der Waals surface area contributed by atoms with E-state index in [1.807, 2.05) is 13.8 Å². The molecule has 2 aliphatic heterocycles. The van der Waals surface area contributed by atoms with E-state index in [1.165, 1.54) is 0 Å². The third kappa shape index (κ3) is 5.01. The molecule has 6 N–H and O–H groups in total. The highest BCUT2D eigenvalue weighted by molar-refractivity contribution is 8.76. The van der Waals surface area contributed by atoms with Gasteiger partial charge in [0, 0.05) is 48.6 Å². The first-order valence-corrected chi connectivity index (χ1v) is 11.3. The molecule has 0 saturated carbocycles. The van der Waals surface area contributed by atoms with Gasteiger partial charge in [0.1, 0.15) is 0 Å². The molecule has 2 rings (SSSR count). The van der Waals surface area contributed by atoms with Gasteiger partial charge in [0.15, 0.2) is 0 Å². The molecule has 142 valence electrons. The predicted octanol–water partition coefficient (Wildman–Crippen LogP) is -0.478. The molecule has 0 spiro atoms. The fourth-order valence-corrected chi connectivity index (χ4v) is 6.57. The Balaban J connectivity index is 1.74. The fourth-order valence-electron chi connectivity index (χ4n) is 3.67. The van der Waals surface area contributed by atoms with Crippen LogP contribution in [-0.2, 0) is 0 Å². The molecular formula is C16H32N2O4S2. The van der Waals surface area contributed by atoms with Crippen molar-refractivity contribution in [2.75, 3.05) is 37.8 Å². The minimum atomic E-state index is -0.503. The van der Waals surface area contributed by atoms with Gasteiger partial charge < -0.3 is 31.1 Å². The molecule has 2 saturated heterocycles. The van der Waals surface area contributed by atoms with Crippen molar-refractivity contribution in [2.24, 2.45) is 23.7 Å². The van der Waals surface area contributed by atoms with Crippen LogP contribution in [0.3, 0.4) is 0 Å². The van der Waals surface area contributed by atoms with Gasteiger partial charge in [-0.2, -0.15) is 0 Å². The molecule has 0 aromatic rings. The van der Waals surface area contributed by atoms with E-state index in [0.29, 0.717) is 0 Å². The largest absolute Gasteiger partial charge is 0.396 e. The fraction of sp³-hybridized carbons (Fsp3) is 1.00. The van der Waals surface area contributed by atoms with Crippen LogP contribution in [0.4, 0.5) is 0 Å². The molecule has 6 nitrogen and oxygen atoms in total. The lowest BCUT2D eigenvalue weighted by atomic mass is 9.82. The van der Waals surface area contributed by atoms with E-state index in [0.717, 1.165) is 24.6 Å². The molecule has 0 aromatic carbocycles. The lowest BCUT2D eigenvalue weighted by Crippen LogP contribution is -2.54. The molecule has 0 aliphatic carbocycles. The highest BCUT2D eigenvalue weighted by Gasteiger charge is 2.37. The van der Waals surface area contributed by atoms with Crippen LogP contribution in [0.2, 0.25) is 0 Å². The first kappa shape index (κ1) is 20.8. The minimum absolute atomic E-state index is 0.0201. The second-order valence-corrected chi connectivity index (χ2v) is 9.71. The lowest BCUT2D eigenvalue weighted by molar-refractivity contribution is -0.00752. The van der Waals surface area contributed by atoms with Crippen molar-refractivity contribution in [3.63, 3.8) is 0 Å². The molecule has 0 amide bonds. The van der Waals surface area contributed by atoms with Crippen LogP contribution in [-0.4, -0.2) is 82.5 Å². The van der Waals surface area contributed by atoms with Crippen molar-refractivity contribution < 1.29 is 20.4 Å². The SMILES string of the molecule is CC1NCC(CSSCC2CNC(C)C(O)C2CO)C(CO)C1O. The second kappa shape index (κ2) is 9.97. The quantitative estimate of drug-likeness (QED) is 0.260. The third-order valence-electron chi connectivity index (χ3n) is 5.59. The maximum absolute atomic E-state index is 10.2. The van der Waals surface area contributed by atoms with Crippen LogP contribution in [0, 0.1) is 23.7 Å². The normalized spacial score (nSPS) is 43.8. The molecule has 0 aromatic heterocycles. The Kier molecular flexibility index (Phi) is 8.62. The summed E-state index contributed by atoms with van der Waals surface area (Å²) in [6.07, 6.45) is -1.01. The van der Waals surface area contributed by atoms with Crippen LogP contribution in [0.1, 0.15) is 13.8 Å². The lowest BCUT2D eigenvalue weighted by Gasteiger charge is -2.40. The van der Waals surface area contributed by atoms with Gasteiger partial charge in [-0.3, -0.25) is 0 Å². The summed E-state index contributed by atoms with van der Waals surface area (Å²) in [5.74, 6) is 2.10. The van der Waals surface area contributed by atoms with E-state index in [1.54, 1.807) is 21.6 Å². The average molecular weight is 381 g/mol. The van der Waals surface area contributed by atoms with E-state index in [9.17, 15) is 20.4 Å². The zero-order valence-electron chi connectivity index (χ0n) is 14.5. The molecule has 2 aliphatic rings. The van der Waals surface area contributed by atoms with Crippen molar-refractivity contribution in [1.82, 2.24) is 10.6 Å². The summed E-state index contributed by atoms with van der Waals surface area (Å²) in [6, 6.07) is 0.0521. The van der Waals surface area contributed by atoms with E-state index in [-0.39, 0.29) is 49.0 Å². The van der Waals surface area contributed by atoms with E-state index >= 15 is 0 Å². The Labute approximate surface area is 152 Å². The number of piperidine rings is 2. The number of nitrogens with one attached hydrogen (secondary N) is 2. The van der Waals surface area contributed by atoms with Crippen molar-refractivity contribution in [1.29, 1.82) is 0 Å². The Bertz CT molecular complexity index is 346. The third-order valence-corrected chi connectivity index (χ3v) is 8.20. The van der Waals surface area contributed by atoms with Crippen LogP contribution < -0.4 is 10.6 Å². The number of rotatable bonds is 7. The monoisotopic (exact) mass is 380 g/mol. The topological polar surface area (TPSA) is 105 Å². The van der Waals surface area contributed by atoms with Crippen molar-refractivity contribution in [3.05, 3.63) is 0 Å². The van der Waals surface area contributed by atoms with Gasteiger partial charge in [-0.25, -0.2) is 0 Å². The van der Waals surface area contributed by atoms with Crippen molar-refractivity contribution in [2.45, 2.75) is 38.1 Å². The van der Waals surface area contributed by atoms with Gasteiger partial charge in [-0.15, -0.1) is 0 Å². The zero-order chi connectivity index (χ0) is 17.7. The Morgan fingerprint density at radius 1 is 0.792 bits per heavy atom. The second-order valence-electron chi connectivity index (χ2n) is 7.16. The maximum Gasteiger partial charge on any atom is 0.0743 e. The molecule has 0 bridgehead atoms. The minimum Gasteiger partial charge on any atom is -0.396 e. The summed E-state index contributed by atoms with van der Waals surface area (Å²) >= 11 is 0. The highest BCUT2D eigenvalue weighted by Crippen LogP contribution is 2.34. The van der Waals surface area contributed by atoms with Gasteiger partial charge in [-0.1, -0.05) is 21.6 Å². The van der Waals surface area contributed by atoms with Crippen molar-refractivity contribution in [3.8, 4) is 0 Å². The molecular weight excluding hydrogens is 348 g/mol. The van der Waals surface area contributed by atoms with E-state index in [2.05, 4.69) is 10.6 Å². The molecule has 2 fully saturated rings. The van der Waals surface area contributed by atoms with Crippen LogP contribution in [0.15, 0.2) is 0 Å². The summed E-state index contributed by atoms with van der Waals surface area (Å²) in [4.78, 5) is 0. The molecule has 0 radical (unpaired) electrons. The molecule has 8 heteroatoms. The Morgan fingerprint density at radius 2 is 1.17 bits per heavy atom. The van der Waals surface area contributed by atoms with E-state index < -0.39 is 12.2 Å². The number of aliphatic hydroxyl groups is 4. The van der Waals surface area contributed by atoms with Gasteiger partial charge in [0.25, 0.3) is 0 Å². The molecule has 8 unspecified atom stereocenters. The first-order chi connectivity index (χ1) is 11.5. The first-order valence-electron chi connectivity index (χ1n) is 8.78. The highest BCUT2D eigenvalue weighted by atomic mass is 33.1. The summed E-state index contributed by atoms with van der Waals surface area (Å²) in [5, 5.41) is 46.1. The number of aliphatic hydroxyl groups excluding tert-OH is 4. The smallest absolute Gasteiger partial charge is 0.0743 e. The number of hydrogen-bond donors (Lipinski definition) is 6. The van der Waals surface area contributed by atoms with E-state index in [4.69, 9.17) is 0 Å². The maximum atomic E-state index is 10.2. The summed E-state index contributed by atoms with van der Waals surface area (Å²) in [5.41, 5.74) is 0.